The van der Waals surface area contributed by atoms with Crippen LogP contribution in [0.1, 0.15) is 17.0 Å². The summed E-state index contributed by atoms with van der Waals surface area (Å²) in [5.74, 6) is -1.17. The topological polar surface area (TPSA) is 68.0 Å². The second-order valence-corrected chi connectivity index (χ2v) is 3.20. The van der Waals surface area contributed by atoms with Crippen molar-refractivity contribution in [3.63, 3.8) is 0 Å². The zero-order valence-corrected chi connectivity index (χ0v) is 8.42. The van der Waals surface area contributed by atoms with Gasteiger partial charge in [0, 0.05) is 11.8 Å². The van der Waals surface area contributed by atoms with Gasteiger partial charge in [0.05, 0.1) is 11.9 Å². The second-order valence-electron chi connectivity index (χ2n) is 3.20. The average molecular weight is 239 g/mol. The molecule has 2 aromatic rings. The van der Waals surface area contributed by atoms with Crippen molar-refractivity contribution >= 4 is 5.97 Å². The number of carbonyl (C=O) groups is 1. The highest BCUT2D eigenvalue weighted by Gasteiger charge is 2.11. The Morgan fingerprint density at radius 2 is 2.18 bits per heavy atom. The summed E-state index contributed by atoms with van der Waals surface area (Å²) in [6, 6.07) is 4.34. The standard InChI is InChI=1S/C10H7F2N3O2/c11-10(12)15-5-6(4-13-15)7-2-1-3-8(14-7)9(16)17/h1-5,10H,(H,16,17). The smallest absolute Gasteiger partial charge is 0.354 e. The van der Waals surface area contributed by atoms with Crippen molar-refractivity contribution in [2.24, 2.45) is 0 Å². The van der Waals surface area contributed by atoms with Crippen LogP contribution in [0, 0.1) is 0 Å². The molecule has 0 aliphatic rings. The third kappa shape index (κ3) is 2.27. The SMILES string of the molecule is O=C(O)c1cccc(-c2cnn(C(F)F)c2)n1. The molecule has 0 aromatic carbocycles. The Hall–Kier alpha value is -2.31. The van der Waals surface area contributed by atoms with Crippen LogP contribution in [0.3, 0.4) is 0 Å². The lowest BCUT2D eigenvalue weighted by molar-refractivity contribution is 0.0566. The van der Waals surface area contributed by atoms with E-state index in [-0.39, 0.29) is 11.4 Å². The van der Waals surface area contributed by atoms with Crippen LogP contribution < -0.4 is 0 Å². The molecule has 0 saturated carbocycles. The number of aromatic nitrogens is 3. The van der Waals surface area contributed by atoms with Crippen molar-refractivity contribution in [1.82, 2.24) is 14.8 Å². The summed E-state index contributed by atoms with van der Waals surface area (Å²) in [5, 5.41) is 12.2. The van der Waals surface area contributed by atoms with Gasteiger partial charge in [-0.2, -0.15) is 13.9 Å². The molecule has 0 unspecified atom stereocenters. The Bertz CT molecular complexity index is 554. The Morgan fingerprint density at radius 3 is 2.76 bits per heavy atom. The molecule has 0 saturated heterocycles. The Labute approximate surface area is 94.3 Å². The molecular weight excluding hydrogens is 232 g/mol. The summed E-state index contributed by atoms with van der Waals surface area (Å²) in [4.78, 5) is 14.5. The van der Waals surface area contributed by atoms with E-state index in [1.54, 1.807) is 0 Å². The molecule has 0 bridgehead atoms. The lowest BCUT2D eigenvalue weighted by Crippen LogP contribution is -2.00. The fraction of sp³-hybridized carbons (Fsp3) is 0.100. The van der Waals surface area contributed by atoms with E-state index in [0.29, 0.717) is 10.2 Å². The molecule has 2 aromatic heterocycles. The minimum absolute atomic E-state index is 0.146. The van der Waals surface area contributed by atoms with E-state index in [1.807, 2.05) is 0 Å². The van der Waals surface area contributed by atoms with Crippen LogP contribution in [0.4, 0.5) is 8.78 Å². The number of carboxylic acid groups (broad SMARTS) is 1. The fourth-order valence-electron chi connectivity index (χ4n) is 1.29. The molecule has 0 amide bonds. The minimum Gasteiger partial charge on any atom is -0.477 e. The van der Waals surface area contributed by atoms with E-state index in [9.17, 15) is 13.6 Å². The van der Waals surface area contributed by atoms with Crippen LogP contribution in [-0.4, -0.2) is 25.8 Å². The van der Waals surface area contributed by atoms with E-state index < -0.39 is 12.5 Å². The molecular formula is C10H7F2N3O2. The maximum absolute atomic E-state index is 12.3. The van der Waals surface area contributed by atoms with E-state index in [0.717, 1.165) is 6.20 Å². The monoisotopic (exact) mass is 239 g/mol. The van der Waals surface area contributed by atoms with Gasteiger partial charge in [0.2, 0.25) is 0 Å². The molecule has 0 radical (unpaired) electrons. The second kappa shape index (κ2) is 4.28. The maximum atomic E-state index is 12.3. The van der Waals surface area contributed by atoms with Gasteiger partial charge in [-0.3, -0.25) is 0 Å². The first-order valence-electron chi connectivity index (χ1n) is 4.61. The first-order chi connectivity index (χ1) is 8.08. The molecule has 1 N–H and O–H groups in total. The number of rotatable bonds is 3. The first-order valence-corrected chi connectivity index (χ1v) is 4.61. The molecule has 7 heteroatoms. The normalized spacial score (nSPS) is 10.8. The molecule has 0 atom stereocenters. The van der Waals surface area contributed by atoms with Crippen LogP contribution in [-0.2, 0) is 0 Å². The number of carboxylic acids is 1. The number of halogens is 2. The number of pyridine rings is 1. The van der Waals surface area contributed by atoms with Gasteiger partial charge >= 0.3 is 12.5 Å². The Kier molecular flexibility index (Phi) is 2.82. The maximum Gasteiger partial charge on any atom is 0.354 e. The average Bonchev–Trinajstić information content (AvgIpc) is 2.78. The van der Waals surface area contributed by atoms with Crippen molar-refractivity contribution < 1.29 is 18.7 Å². The van der Waals surface area contributed by atoms with Gasteiger partial charge in [-0.25, -0.2) is 14.5 Å². The van der Waals surface area contributed by atoms with Gasteiger partial charge in [-0.1, -0.05) is 6.07 Å². The molecule has 0 spiro atoms. The molecule has 2 rings (SSSR count). The van der Waals surface area contributed by atoms with Crippen LogP contribution in [0.25, 0.3) is 11.3 Å². The van der Waals surface area contributed by atoms with Crippen molar-refractivity contribution in [2.45, 2.75) is 6.55 Å². The number of aromatic carboxylic acids is 1. The van der Waals surface area contributed by atoms with E-state index in [4.69, 9.17) is 5.11 Å². The van der Waals surface area contributed by atoms with Crippen molar-refractivity contribution in [2.75, 3.05) is 0 Å². The summed E-state index contributed by atoms with van der Waals surface area (Å²) < 4.78 is 25.1. The summed E-state index contributed by atoms with van der Waals surface area (Å²) in [5.41, 5.74) is 0.484. The third-order valence-corrected chi connectivity index (χ3v) is 2.07. The van der Waals surface area contributed by atoms with Crippen LogP contribution in [0.5, 0.6) is 0 Å². The Balaban J connectivity index is 2.38. The molecule has 17 heavy (non-hydrogen) atoms. The highest BCUT2D eigenvalue weighted by molar-refractivity contribution is 5.86. The van der Waals surface area contributed by atoms with Crippen molar-refractivity contribution in [3.8, 4) is 11.3 Å². The quantitative estimate of drug-likeness (QED) is 0.889. The Morgan fingerprint density at radius 1 is 1.41 bits per heavy atom. The molecule has 0 fully saturated rings. The molecule has 88 valence electrons. The van der Waals surface area contributed by atoms with E-state index in [2.05, 4.69) is 10.1 Å². The number of hydrogen-bond acceptors (Lipinski definition) is 3. The van der Waals surface area contributed by atoms with Gasteiger partial charge in [0.1, 0.15) is 5.69 Å². The van der Waals surface area contributed by atoms with Crippen LogP contribution in [0.2, 0.25) is 0 Å². The van der Waals surface area contributed by atoms with Gasteiger partial charge in [0.25, 0.3) is 0 Å². The largest absolute Gasteiger partial charge is 0.477 e. The van der Waals surface area contributed by atoms with E-state index >= 15 is 0 Å². The summed E-state index contributed by atoms with van der Waals surface area (Å²) in [6.07, 6.45) is 2.32. The summed E-state index contributed by atoms with van der Waals surface area (Å²) >= 11 is 0. The zero-order chi connectivity index (χ0) is 12.4. The third-order valence-electron chi connectivity index (χ3n) is 2.07. The predicted octanol–water partition coefficient (Wildman–Crippen LogP) is 2.04. The van der Waals surface area contributed by atoms with Crippen LogP contribution >= 0.6 is 0 Å². The highest BCUT2D eigenvalue weighted by atomic mass is 19.3. The number of alkyl halides is 2. The minimum atomic E-state index is -2.73. The molecule has 2 heterocycles. The molecule has 0 aliphatic carbocycles. The lowest BCUT2D eigenvalue weighted by atomic mass is 10.2. The predicted molar refractivity (Wildman–Crippen MR) is 53.7 cm³/mol. The molecule has 0 aliphatic heterocycles. The number of nitrogens with zero attached hydrogens (tertiary/aromatic N) is 3. The lowest BCUT2D eigenvalue weighted by Gasteiger charge is -1.98. The van der Waals surface area contributed by atoms with Gasteiger partial charge in [-0.05, 0) is 12.1 Å². The first kappa shape index (κ1) is 11.2. The van der Waals surface area contributed by atoms with E-state index in [1.165, 1.54) is 24.4 Å². The number of hydrogen-bond donors (Lipinski definition) is 1. The van der Waals surface area contributed by atoms with Crippen LogP contribution in [0.15, 0.2) is 30.6 Å². The van der Waals surface area contributed by atoms with Gasteiger partial charge in [0.15, 0.2) is 0 Å². The molecule has 5 nitrogen and oxygen atoms in total. The van der Waals surface area contributed by atoms with Gasteiger partial charge in [-0.15, -0.1) is 0 Å². The van der Waals surface area contributed by atoms with Gasteiger partial charge < -0.3 is 5.11 Å². The van der Waals surface area contributed by atoms with Crippen molar-refractivity contribution in [3.05, 3.63) is 36.3 Å². The zero-order valence-electron chi connectivity index (χ0n) is 8.42. The fourth-order valence-corrected chi connectivity index (χ4v) is 1.29. The van der Waals surface area contributed by atoms with Crippen molar-refractivity contribution in [1.29, 1.82) is 0 Å². The summed E-state index contributed by atoms with van der Waals surface area (Å²) in [7, 11) is 0. The summed E-state index contributed by atoms with van der Waals surface area (Å²) in [6.45, 7) is -2.73. The highest BCUT2D eigenvalue weighted by Crippen LogP contribution is 2.19.